The van der Waals surface area contributed by atoms with Crippen LogP contribution in [0, 0.1) is 13.8 Å². The molecule has 0 aliphatic heterocycles. The van der Waals surface area contributed by atoms with E-state index in [1.165, 1.54) is 12.1 Å². The molecule has 0 bridgehead atoms. The quantitative estimate of drug-likeness (QED) is 0.219. The number of sulfonamides is 1. The molecule has 190 valence electrons. The number of hydrogen-bond acceptors (Lipinski definition) is 4. The fraction of sp³-hybridized carbons (Fsp3) is 0.143. The lowest BCUT2D eigenvalue weighted by molar-refractivity contribution is -0.121. The van der Waals surface area contributed by atoms with Gasteiger partial charge in [-0.15, -0.1) is 0 Å². The van der Waals surface area contributed by atoms with Crippen LogP contribution in [0.3, 0.4) is 0 Å². The zero-order valence-electron chi connectivity index (χ0n) is 20.5. The molecular weight excluding hydrogens is 552 g/mol. The largest absolute Gasteiger partial charge is 0.318 e. The molecule has 0 saturated carbocycles. The SMILES string of the molecule is Cc1cc(/C=N\NC(=O)CN(Cc2ccccc2)S(=O)(=O)c2ccccc2)c(C)n1-c1ccc(Br)cc1. The van der Waals surface area contributed by atoms with Gasteiger partial charge in [-0.25, -0.2) is 13.8 Å². The van der Waals surface area contributed by atoms with E-state index >= 15 is 0 Å². The standard InChI is InChI=1S/C28H27BrN4O3S/c1-21-17-24(22(2)33(21)26-15-13-25(29)14-16-26)18-30-31-28(34)20-32(19-23-9-5-3-6-10-23)37(35,36)27-11-7-4-8-12-27/h3-18H,19-20H2,1-2H3,(H,31,34)/b30-18-. The molecule has 0 spiro atoms. The fourth-order valence-corrected chi connectivity index (χ4v) is 5.70. The molecule has 1 amide bonds. The molecule has 37 heavy (non-hydrogen) atoms. The number of carbonyl (C=O) groups is 1. The number of aromatic nitrogens is 1. The lowest BCUT2D eigenvalue weighted by Crippen LogP contribution is -2.39. The van der Waals surface area contributed by atoms with Gasteiger partial charge >= 0.3 is 0 Å². The van der Waals surface area contributed by atoms with Crippen LogP contribution in [0.5, 0.6) is 0 Å². The summed E-state index contributed by atoms with van der Waals surface area (Å²) in [5, 5.41) is 4.11. The summed E-state index contributed by atoms with van der Waals surface area (Å²) in [5.74, 6) is -0.534. The van der Waals surface area contributed by atoms with E-state index in [-0.39, 0.29) is 18.0 Å². The first kappa shape index (κ1) is 26.5. The topological polar surface area (TPSA) is 83.8 Å². The number of aryl methyl sites for hydroxylation is 1. The van der Waals surface area contributed by atoms with Crippen LogP contribution in [0.25, 0.3) is 5.69 Å². The minimum Gasteiger partial charge on any atom is -0.318 e. The number of benzene rings is 3. The molecule has 1 aromatic heterocycles. The van der Waals surface area contributed by atoms with Gasteiger partial charge in [-0.3, -0.25) is 4.79 Å². The molecule has 0 aliphatic carbocycles. The predicted molar refractivity (Wildman–Crippen MR) is 149 cm³/mol. The monoisotopic (exact) mass is 578 g/mol. The third kappa shape index (κ3) is 6.43. The number of nitrogens with one attached hydrogen (secondary N) is 1. The van der Waals surface area contributed by atoms with E-state index in [0.29, 0.717) is 0 Å². The average Bonchev–Trinajstić information content (AvgIpc) is 3.18. The molecule has 4 rings (SSSR count). The van der Waals surface area contributed by atoms with Gasteiger partial charge in [0.25, 0.3) is 5.91 Å². The lowest BCUT2D eigenvalue weighted by atomic mass is 10.2. The van der Waals surface area contributed by atoms with Crippen molar-refractivity contribution in [3.63, 3.8) is 0 Å². The zero-order chi connectivity index (χ0) is 26.4. The normalized spacial score (nSPS) is 11.8. The summed E-state index contributed by atoms with van der Waals surface area (Å²) in [6.07, 6.45) is 1.57. The summed E-state index contributed by atoms with van der Waals surface area (Å²) in [4.78, 5) is 12.9. The van der Waals surface area contributed by atoms with E-state index in [4.69, 9.17) is 0 Å². The first-order valence-corrected chi connectivity index (χ1v) is 13.8. The number of carbonyl (C=O) groups excluding carboxylic acids is 1. The highest BCUT2D eigenvalue weighted by Gasteiger charge is 2.26. The maximum Gasteiger partial charge on any atom is 0.255 e. The number of nitrogens with zero attached hydrogens (tertiary/aromatic N) is 3. The van der Waals surface area contributed by atoms with Crippen molar-refractivity contribution in [1.82, 2.24) is 14.3 Å². The molecule has 3 aromatic carbocycles. The summed E-state index contributed by atoms with van der Waals surface area (Å²) in [5.41, 5.74) is 7.12. The Bertz CT molecular complexity index is 1500. The third-order valence-corrected chi connectivity index (χ3v) is 8.19. The molecular formula is C28H27BrN4O3S. The summed E-state index contributed by atoms with van der Waals surface area (Å²) >= 11 is 3.46. The van der Waals surface area contributed by atoms with Crippen LogP contribution in [-0.2, 0) is 21.4 Å². The van der Waals surface area contributed by atoms with Gasteiger partial charge in [0.15, 0.2) is 0 Å². The molecule has 0 unspecified atom stereocenters. The Kier molecular flexibility index (Phi) is 8.38. The van der Waals surface area contributed by atoms with Gasteiger partial charge in [-0.05, 0) is 61.9 Å². The first-order valence-electron chi connectivity index (χ1n) is 11.6. The number of hydrogen-bond donors (Lipinski definition) is 1. The molecule has 0 atom stereocenters. The van der Waals surface area contributed by atoms with Crippen LogP contribution in [0.4, 0.5) is 0 Å². The summed E-state index contributed by atoms with van der Waals surface area (Å²) in [6.45, 7) is 3.66. The Morgan fingerprint density at radius 2 is 1.59 bits per heavy atom. The molecule has 1 N–H and O–H groups in total. The Morgan fingerprint density at radius 1 is 0.973 bits per heavy atom. The Balaban J connectivity index is 1.50. The average molecular weight is 580 g/mol. The molecule has 1 heterocycles. The highest BCUT2D eigenvalue weighted by Crippen LogP contribution is 2.22. The Morgan fingerprint density at radius 3 is 2.24 bits per heavy atom. The van der Waals surface area contributed by atoms with E-state index in [9.17, 15) is 13.2 Å². The van der Waals surface area contributed by atoms with Crippen molar-refractivity contribution in [3.05, 3.63) is 118 Å². The molecule has 0 radical (unpaired) electrons. The maximum atomic E-state index is 13.3. The second kappa shape index (κ2) is 11.7. The first-order chi connectivity index (χ1) is 17.8. The highest BCUT2D eigenvalue weighted by molar-refractivity contribution is 9.10. The predicted octanol–water partition coefficient (Wildman–Crippen LogP) is 5.20. The van der Waals surface area contributed by atoms with Crippen molar-refractivity contribution in [3.8, 4) is 5.69 Å². The zero-order valence-corrected chi connectivity index (χ0v) is 22.9. The van der Waals surface area contributed by atoms with E-state index in [2.05, 4.69) is 31.0 Å². The summed E-state index contributed by atoms with van der Waals surface area (Å²) in [7, 11) is -3.90. The number of hydrazone groups is 1. The maximum absolute atomic E-state index is 13.3. The van der Waals surface area contributed by atoms with Crippen LogP contribution >= 0.6 is 15.9 Å². The van der Waals surface area contributed by atoms with Crippen LogP contribution in [-0.4, -0.2) is 36.0 Å². The molecule has 9 heteroatoms. The van der Waals surface area contributed by atoms with Crippen LogP contribution in [0.2, 0.25) is 0 Å². The Hall–Kier alpha value is -3.53. The minimum atomic E-state index is -3.90. The molecule has 0 fully saturated rings. The van der Waals surface area contributed by atoms with Crippen molar-refractivity contribution >= 4 is 38.1 Å². The number of amides is 1. The van der Waals surface area contributed by atoms with Gasteiger partial charge < -0.3 is 4.57 Å². The van der Waals surface area contributed by atoms with E-state index in [0.717, 1.165) is 37.0 Å². The van der Waals surface area contributed by atoms with Gasteiger partial charge in [0.05, 0.1) is 17.7 Å². The Labute approximate surface area is 225 Å². The van der Waals surface area contributed by atoms with Gasteiger partial charge in [0.1, 0.15) is 0 Å². The minimum absolute atomic E-state index is 0.0591. The smallest absolute Gasteiger partial charge is 0.255 e. The number of halogens is 1. The van der Waals surface area contributed by atoms with Crippen molar-refractivity contribution in [2.75, 3.05) is 6.54 Å². The van der Waals surface area contributed by atoms with Gasteiger partial charge in [0, 0.05) is 33.7 Å². The van der Waals surface area contributed by atoms with E-state index in [1.807, 2.05) is 74.5 Å². The summed E-state index contributed by atoms with van der Waals surface area (Å²) in [6, 6.07) is 27.2. The molecule has 0 aliphatic rings. The van der Waals surface area contributed by atoms with Crippen molar-refractivity contribution < 1.29 is 13.2 Å². The molecule has 4 aromatic rings. The second-order valence-corrected chi connectivity index (χ2v) is 11.4. The molecule has 7 nitrogen and oxygen atoms in total. The van der Waals surface area contributed by atoms with Gasteiger partial charge in [0.2, 0.25) is 10.0 Å². The van der Waals surface area contributed by atoms with Crippen molar-refractivity contribution in [2.24, 2.45) is 5.10 Å². The molecule has 0 saturated heterocycles. The summed E-state index contributed by atoms with van der Waals surface area (Å²) < 4.78 is 30.9. The lowest BCUT2D eigenvalue weighted by Gasteiger charge is -2.21. The van der Waals surface area contributed by atoms with Crippen LogP contribution < -0.4 is 5.43 Å². The third-order valence-electron chi connectivity index (χ3n) is 5.85. The van der Waals surface area contributed by atoms with Gasteiger partial charge in [-0.1, -0.05) is 64.5 Å². The van der Waals surface area contributed by atoms with Crippen LogP contribution in [0.1, 0.15) is 22.5 Å². The van der Waals surface area contributed by atoms with Crippen molar-refractivity contribution in [1.29, 1.82) is 0 Å². The fourth-order valence-electron chi connectivity index (χ4n) is 4.03. The second-order valence-electron chi connectivity index (χ2n) is 8.50. The van der Waals surface area contributed by atoms with E-state index < -0.39 is 15.9 Å². The van der Waals surface area contributed by atoms with Crippen molar-refractivity contribution in [2.45, 2.75) is 25.3 Å². The van der Waals surface area contributed by atoms with Gasteiger partial charge in [-0.2, -0.15) is 9.41 Å². The highest BCUT2D eigenvalue weighted by atomic mass is 79.9. The van der Waals surface area contributed by atoms with E-state index in [1.54, 1.807) is 24.4 Å². The van der Waals surface area contributed by atoms with Crippen LogP contribution in [0.15, 0.2) is 105 Å². The number of rotatable bonds is 9.